The molecule has 11 atom stereocenters. The van der Waals surface area contributed by atoms with Crippen molar-refractivity contribution in [3.8, 4) is 0 Å². The minimum Gasteiger partial charge on any atom is -0.350 e. The van der Waals surface area contributed by atoms with Crippen LogP contribution in [-0.2, 0) is 41.6 Å². The molecule has 3 aromatic rings. The van der Waals surface area contributed by atoms with Gasteiger partial charge in [-0.2, -0.15) is 0 Å². The summed E-state index contributed by atoms with van der Waals surface area (Å²) >= 11 is 0. The van der Waals surface area contributed by atoms with Crippen molar-refractivity contribution in [1.82, 2.24) is 57.7 Å². The summed E-state index contributed by atoms with van der Waals surface area (Å²) in [6, 6.07) is 12.2. The third-order valence-corrected chi connectivity index (χ3v) is 17.4. The lowest BCUT2D eigenvalue weighted by molar-refractivity contribution is -0.144. The first kappa shape index (κ1) is 65.4. The molecule has 3 aromatic carbocycles. The minimum atomic E-state index is -1.05. The summed E-state index contributed by atoms with van der Waals surface area (Å²) in [5.41, 5.74) is 2.64. The summed E-state index contributed by atoms with van der Waals surface area (Å²) in [6.45, 7) is 18.1. The van der Waals surface area contributed by atoms with Gasteiger partial charge in [0.2, 0.25) is 35.4 Å². The second kappa shape index (κ2) is 28.3. The van der Waals surface area contributed by atoms with Crippen LogP contribution in [0, 0.1) is 10.8 Å². The van der Waals surface area contributed by atoms with E-state index in [0.29, 0.717) is 19.3 Å². The van der Waals surface area contributed by atoms with Gasteiger partial charge in [0.1, 0.15) is 24.2 Å². The number of nitrogens with one attached hydrogen (secondary N) is 9. The van der Waals surface area contributed by atoms with E-state index in [4.69, 9.17) is 0 Å². The molecule has 2 saturated heterocycles. The highest BCUT2D eigenvalue weighted by atomic mass is 16.2. The molecule has 2 aliphatic carbocycles. The standard InChI is InChI=1S/C65H93N11O9/c1-13-14-21-37(2)68-57(79)42-30-43(58(80)69-45-33-51(60(82)71-49-28-19-24-40-22-15-17-26-47(40)49)75(35-45)62(84)53(64(5,6)7)73-55(77)38(3)66-11)32-44(31-42)59(81)70-46-34-52(61(83)72-50-29-20-25-41-23-16-18-27-48(41)50)76(36-46)63(85)54(65(8,9)10)74-56(78)39(4)67-12/h15-18,22-23,26-27,30-32,37-39,45-46,49-54,66-67H,13-14,19-21,24-25,28-29,33-36H2,1-12H3,(H,68,79)(H,69,80)(H,70,81)(H,71,82)(H,72,83)(H,73,77)(H,74,78)/t37-,38-,39-,45-,46-,49+,50+,51-,52-,53+,54+/m0/s1. The number of aryl methyl sites for hydroxylation is 2. The first-order valence-corrected chi connectivity index (χ1v) is 30.6. The molecule has 2 aliphatic heterocycles. The van der Waals surface area contributed by atoms with Crippen molar-refractivity contribution in [1.29, 1.82) is 0 Å². The Bertz CT molecular complexity index is 2780. The van der Waals surface area contributed by atoms with Gasteiger partial charge in [0.05, 0.1) is 24.2 Å². The number of hydrogen-bond acceptors (Lipinski definition) is 11. The average molecular weight is 1170 g/mol. The summed E-state index contributed by atoms with van der Waals surface area (Å²) in [5.74, 6) is -4.46. The van der Waals surface area contributed by atoms with Gasteiger partial charge in [-0.15, -0.1) is 0 Å². The molecule has 0 unspecified atom stereocenters. The second-order valence-corrected chi connectivity index (χ2v) is 26.1. The van der Waals surface area contributed by atoms with Crippen molar-refractivity contribution >= 4 is 53.2 Å². The number of likely N-dealkylation sites (N-methyl/N-ethyl adjacent to an activating group) is 2. The Morgan fingerprint density at radius 2 is 0.929 bits per heavy atom. The van der Waals surface area contributed by atoms with Gasteiger partial charge in [0, 0.05) is 47.9 Å². The zero-order valence-electron chi connectivity index (χ0n) is 52.0. The number of benzene rings is 3. The third kappa shape index (κ3) is 16.2. The van der Waals surface area contributed by atoms with E-state index >= 15 is 0 Å². The highest BCUT2D eigenvalue weighted by Gasteiger charge is 2.48. The van der Waals surface area contributed by atoms with Crippen LogP contribution in [0.2, 0.25) is 0 Å². The van der Waals surface area contributed by atoms with Crippen molar-refractivity contribution < 1.29 is 43.2 Å². The van der Waals surface area contributed by atoms with Crippen LogP contribution >= 0.6 is 0 Å². The fourth-order valence-electron chi connectivity index (χ4n) is 12.1. The topological polar surface area (TPSA) is 268 Å². The van der Waals surface area contributed by atoms with Crippen molar-refractivity contribution in [2.24, 2.45) is 10.8 Å². The van der Waals surface area contributed by atoms with Gasteiger partial charge in [0.25, 0.3) is 17.7 Å². The first-order chi connectivity index (χ1) is 40.2. The van der Waals surface area contributed by atoms with E-state index in [2.05, 4.69) is 54.8 Å². The molecule has 462 valence electrons. The zero-order chi connectivity index (χ0) is 62.1. The molecule has 0 spiro atoms. The van der Waals surface area contributed by atoms with Gasteiger partial charge >= 0.3 is 0 Å². The van der Waals surface area contributed by atoms with Crippen LogP contribution in [0.4, 0.5) is 0 Å². The molecule has 7 rings (SSSR count). The number of unbranched alkanes of at least 4 members (excludes halogenated alkanes) is 1. The number of fused-ring (bicyclic) bond motifs is 2. The first-order valence-electron chi connectivity index (χ1n) is 30.6. The smallest absolute Gasteiger partial charge is 0.251 e. The van der Waals surface area contributed by atoms with Gasteiger partial charge in [-0.3, -0.25) is 43.2 Å². The van der Waals surface area contributed by atoms with Gasteiger partial charge < -0.3 is 57.7 Å². The molecule has 0 bridgehead atoms. The van der Waals surface area contributed by atoms with Crippen LogP contribution < -0.4 is 47.9 Å². The molecule has 2 heterocycles. The van der Waals surface area contributed by atoms with Crippen molar-refractivity contribution in [3.05, 3.63) is 106 Å². The molecule has 2 fully saturated rings. The molecule has 20 nitrogen and oxygen atoms in total. The third-order valence-electron chi connectivity index (χ3n) is 17.4. The van der Waals surface area contributed by atoms with Crippen LogP contribution in [0.15, 0.2) is 66.7 Å². The van der Waals surface area contributed by atoms with Crippen LogP contribution in [-0.4, -0.2) is 145 Å². The Morgan fingerprint density at radius 1 is 0.541 bits per heavy atom. The summed E-state index contributed by atoms with van der Waals surface area (Å²) in [7, 11) is 3.28. The van der Waals surface area contributed by atoms with E-state index in [1.165, 1.54) is 28.0 Å². The Morgan fingerprint density at radius 3 is 1.31 bits per heavy atom. The maximum atomic E-state index is 14.9. The molecule has 0 saturated carbocycles. The fourth-order valence-corrected chi connectivity index (χ4v) is 12.1. The lowest BCUT2D eigenvalue weighted by Gasteiger charge is -2.36. The Labute approximate surface area is 502 Å². The number of carbonyl (C=O) groups is 9. The predicted molar refractivity (Wildman–Crippen MR) is 326 cm³/mol. The maximum absolute atomic E-state index is 14.9. The fraction of sp³-hybridized carbons (Fsp3) is 0.585. The quantitative estimate of drug-likeness (QED) is 0.0681. The summed E-state index contributed by atoms with van der Waals surface area (Å²) in [6.07, 6.45) is 7.34. The van der Waals surface area contributed by atoms with E-state index in [-0.39, 0.29) is 60.7 Å². The zero-order valence-corrected chi connectivity index (χ0v) is 52.0. The highest BCUT2D eigenvalue weighted by molar-refractivity contribution is 6.05. The molecule has 0 aromatic heterocycles. The Balaban J connectivity index is 1.19. The molecular weight excluding hydrogens is 1080 g/mol. The number of likely N-dealkylation sites (tertiary alicyclic amines) is 2. The van der Waals surface area contributed by atoms with Crippen molar-refractivity contribution in [2.45, 2.75) is 206 Å². The van der Waals surface area contributed by atoms with Gasteiger partial charge in [0.15, 0.2) is 0 Å². The van der Waals surface area contributed by atoms with E-state index in [0.717, 1.165) is 60.8 Å². The minimum absolute atomic E-state index is 0.0189. The number of amides is 9. The Kier molecular flexibility index (Phi) is 21.8. The number of hydrogen-bond donors (Lipinski definition) is 9. The summed E-state index contributed by atoms with van der Waals surface area (Å²) in [4.78, 5) is 133. The SMILES string of the molecule is CCCC[C@H](C)NC(=O)c1cc(C(=O)N[C@H]2C[C@@H](C(=O)N[C@@H]3CCCc4ccccc43)N(C(=O)[C@@H](NC(=O)[C@H](C)NC)C(C)(C)C)C2)cc(C(=O)N[C@H]2C[C@@H](C(=O)N[C@@H]3CCCc4ccccc43)N(C(=O)[C@@H](NC(=O)[C@H](C)NC)C(C)(C)C)C2)c1. The molecule has 4 aliphatic rings. The van der Waals surface area contributed by atoms with Gasteiger partial charge in [-0.05, 0) is 144 Å². The van der Waals surface area contributed by atoms with E-state index in [9.17, 15) is 43.2 Å². The second-order valence-electron chi connectivity index (χ2n) is 26.1. The summed E-state index contributed by atoms with van der Waals surface area (Å²) in [5, 5.41) is 27.2. The number of rotatable bonds is 21. The Hall–Kier alpha value is -7.19. The highest BCUT2D eigenvalue weighted by Crippen LogP contribution is 2.34. The number of nitrogens with zero attached hydrogens (tertiary/aromatic N) is 2. The van der Waals surface area contributed by atoms with Crippen LogP contribution in [0.3, 0.4) is 0 Å². The molecule has 85 heavy (non-hydrogen) atoms. The van der Waals surface area contributed by atoms with Crippen molar-refractivity contribution in [3.63, 3.8) is 0 Å². The normalized spacial score (nSPS) is 22.0. The van der Waals surface area contributed by atoms with Crippen LogP contribution in [0.25, 0.3) is 0 Å². The van der Waals surface area contributed by atoms with Crippen molar-refractivity contribution in [2.75, 3.05) is 27.2 Å². The number of carbonyl (C=O) groups excluding carboxylic acids is 9. The van der Waals surface area contributed by atoms with Gasteiger partial charge in [-0.1, -0.05) is 110 Å². The van der Waals surface area contributed by atoms with E-state index < -0.39 is 112 Å². The average Bonchev–Trinajstić information content (AvgIpc) is 2.76. The van der Waals surface area contributed by atoms with Crippen LogP contribution in [0.5, 0.6) is 0 Å². The maximum Gasteiger partial charge on any atom is 0.251 e. The largest absolute Gasteiger partial charge is 0.350 e. The van der Waals surface area contributed by atoms with E-state index in [1.807, 2.05) is 97.0 Å². The molecule has 9 amide bonds. The van der Waals surface area contributed by atoms with Gasteiger partial charge in [-0.25, -0.2) is 0 Å². The van der Waals surface area contributed by atoms with E-state index in [1.54, 1.807) is 27.9 Å². The lowest BCUT2D eigenvalue weighted by Crippen LogP contribution is -2.59. The molecule has 9 N–H and O–H groups in total. The lowest BCUT2D eigenvalue weighted by atomic mass is 9.85. The van der Waals surface area contributed by atoms with Crippen LogP contribution in [0.1, 0.15) is 192 Å². The molecule has 0 radical (unpaired) electrons. The molecular formula is C65H93N11O9. The monoisotopic (exact) mass is 1170 g/mol. The summed E-state index contributed by atoms with van der Waals surface area (Å²) < 4.78 is 0. The molecule has 20 heteroatoms. The predicted octanol–water partition coefficient (Wildman–Crippen LogP) is 5.06.